The Kier molecular flexibility index (Phi) is 5.83. The van der Waals surface area contributed by atoms with E-state index >= 15 is 4.39 Å². The van der Waals surface area contributed by atoms with Crippen molar-refractivity contribution in [3.63, 3.8) is 0 Å². The Hall–Kier alpha value is -2.49. The number of alkyl halides is 1. The van der Waals surface area contributed by atoms with Gasteiger partial charge in [0.25, 0.3) is 0 Å². The van der Waals surface area contributed by atoms with E-state index in [4.69, 9.17) is 14.2 Å². The third kappa shape index (κ3) is 3.11. The molecule has 0 amide bonds. The number of epoxide rings is 1. The molecule has 202 valence electrons. The van der Waals surface area contributed by atoms with Crippen molar-refractivity contribution in [3.05, 3.63) is 0 Å². The SMILES string of the molecule is CCC(=O)OCC(=O)[C@@]1(OC(=O)CC)CC[C@H]2[C@@H]3C[C@H](F)C4C(=O)C(=O)CC(=O)[C@]4(C)[C@@]34O[C@H]4C[C@@]21C. The number of carbonyl (C=O) groups excluding carboxylic acids is 6. The van der Waals surface area contributed by atoms with Crippen LogP contribution in [0.4, 0.5) is 4.39 Å². The van der Waals surface area contributed by atoms with Crippen LogP contribution in [0.25, 0.3) is 0 Å². The topological polar surface area (TPSA) is 133 Å². The molecule has 4 saturated carbocycles. The van der Waals surface area contributed by atoms with Gasteiger partial charge < -0.3 is 14.2 Å². The number of hydrogen-bond donors (Lipinski definition) is 0. The van der Waals surface area contributed by atoms with Gasteiger partial charge in [-0.3, -0.25) is 28.8 Å². The first-order valence-electron chi connectivity index (χ1n) is 13.2. The van der Waals surface area contributed by atoms with Crippen LogP contribution in [-0.2, 0) is 43.0 Å². The molecule has 5 rings (SSSR count). The first-order chi connectivity index (χ1) is 17.3. The molecule has 0 aromatic rings. The normalized spacial score (nSPS) is 45.8. The van der Waals surface area contributed by atoms with Gasteiger partial charge in [0.1, 0.15) is 17.6 Å². The lowest BCUT2D eigenvalue weighted by Gasteiger charge is -2.58. The average molecular weight is 521 g/mol. The van der Waals surface area contributed by atoms with Crippen molar-refractivity contribution in [3.8, 4) is 0 Å². The van der Waals surface area contributed by atoms with E-state index in [2.05, 4.69) is 0 Å². The summed E-state index contributed by atoms with van der Waals surface area (Å²) < 4.78 is 33.1. The maximum absolute atomic E-state index is 15.8. The van der Waals surface area contributed by atoms with Crippen molar-refractivity contribution in [1.29, 1.82) is 0 Å². The number of ether oxygens (including phenoxy) is 3. The highest BCUT2D eigenvalue weighted by Gasteiger charge is 2.86. The monoisotopic (exact) mass is 520 g/mol. The maximum atomic E-state index is 15.8. The van der Waals surface area contributed by atoms with Crippen molar-refractivity contribution in [2.45, 2.75) is 96.1 Å². The summed E-state index contributed by atoms with van der Waals surface area (Å²) in [6.07, 6.45) is -2.02. The summed E-state index contributed by atoms with van der Waals surface area (Å²) in [5.41, 5.74) is -5.16. The van der Waals surface area contributed by atoms with Crippen molar-refractivity contribution in [2.24, 2.45) is 28.6 Å². The number of Topliss-reactive ketones (excluding diaryl/α,β-unsaturated/α-hetero) is 4. The zero-order chi connectivity index (χ0) is 27.1. The fraction of sp³-hybridized carbons (Fsp3) is 0.778. The number of ketones is 4. The Balaban J connectivity index is 1.55. The minimum Gasteiger partial charge on any atom is -0.457 e. The molecule has 1 heterocycles. The van der Waals surface area contributed by atoms with Crippen molar-refractivity contribution < 1.29 is 47.4 Å². The van der Waals surface area contributed by atoms with Gasteiger partial charge >= 0.3 is 11.9 Å². The van der Waals surface area contributed by atoms with Crippen molar-refractivity contribution >= 4 is 35.1 Å². The molecule has 5 aliphatic rings. The highest BCUT2D eigenvalue weighted by atomic mass is 19.1. The third-order valence-electron chi connectivity index (χ3n) is 10.4. The highest BCUT2D eigenvalue weighted by molar-refractivity contribution is 6.44. The van der Waals surface area contributed by atoms with Gasteiger partial charge in [0.05, 0.1) is 23.9 Å². The number of halogens is 1. The summed E-state index contributed by atoms with van der Waals surface area (Å²) in [4.78, 5) is 76.3. The fourth-order valence-corrected chi connectivity index (χ4v) is 8.51. The van der Waals surface area contributed by atoms with Crippen molar-refractivity contribution in [1.82, 2.24) is 0 Å². The van der Waals surface area contributed by atoms with E-state index in [0.29, 0.717) is 6.42 Å². The molecule has 9 atom stereocenters. The molecule has 37 heavy (non-hydrogen) atoms. The van der Waals surface area contributed by atoms with Crippen LogP contribution in [0.2, 0.25) is 0 Å². The van der Waals surface area contributed by atoms with E-state index in [1.54, 1.807) is 20.8 Å². The molecule has 1 saturated heterocycles. The molecule has 0 bridgehead atoms. The fourth-order valence-electron chi connectivity index (χ4n) is 8.51. The predicted octanol–water partition coefficient (Wildman–Crippen LogP) is 2.25. The smallest absolute Gasteiger partial charge is 0.306 e. The average Bonchev–Trinajstić information content (AvgIpc) is 3.50. The van der Waals surface area contributed by atoms with Gasteiger partial charge in [0.15, 0.2) is 12.2 Å². The lowest BCUT2D eigenvalue weighted by Crippen LogP contribution is -2.70. The van der Waals surface area contributed by atoms with Gasteiger partial charge in [-0.25, -0.2) is 4.39 Å². The summed E-state index contributed by atoms with van der Waals surface area (Å²) >= 11 is 0. The Morgan fingerprint density at radius 2 is 1.73 bits per heavy atom. The van der Waals surface area contributed by atoms with Crippen LogP contribution in [0.15, 0.2) is 0 Å². The van der Waals surface area contributed by atoms with Crippen LogP contribution in [0.1, 0.15) is 72.6 Å². The number of rotatable bonds is 6. The molecule has 0 aromatic heterocycles. The van der Waals surface area contributed by atoms with Gasteiger partial charge in [-0.1, -0.05) is 20.8 Å². The van der Waals surface area contributed by atoms with E-state index in [9.17, 15) is 28.8 Å². The summed E-state index contributed by atoms with van der Waals surface area (Å²) in [7, 11) is 0. The van der Waals surface area contributed by atoms with Gasteiger partial charge in [-0.15, -0.1) is 0 Å². The number of esters is 2. The maximum Gasteiger partial charge on any atom is 0.306 e. The Labute approximate surface area is 214 Å². The second-order valence-electron chi connectivity index (χ2n) is 11.7. The van der Waals surface area contributed by atoms with Crippen molar-refractivity contribution in [2.75, 3.05) is 6.61 Å². The molecule has 1 spiro atoms. The van der Waals surface area contributed by atoms with Crippen LogP contribution < -0.4 is 0 Å². The molecule has 0 N–H and O–H groups in total. The van der Waals surface area contributed by atoms with Crippen LogP contribution in [0.5, 0.6) is 0 Å². The molecule has 0 radical (unpaired) electrons. The molecule has 5 fully saturated rings. The molecule has 0 aromatic carbocycles. The van der Waals surface area contributed by atoms with E-state index in [1.165, 1.54) is 0 Å². The lowest BCUT2D eigenvalue weighted by molar-refractivity contribution is -0.194. The first-order valence-corrected chi connectivity index (χ1v) is 13.2. The molecule has 1 aliphatic heterocycles. The summed E-state index contributed by atoms with van der Waals surface area (Å²) in [5.74, 6) is -6.12. The Bertz CT molecular complexity index is 1120. The molecule has 9 nitrogen and oxygen atoms in total. The lowest BCUT2D eigenvalue weighted by atomic mass is 9.43. The van der Waals surface area contributed by atoms with E-state index in [-0.39, 0.29) is 38.0 Å². The Morgan fingerprint density at radius 3 is 2.38 bits per heavy atom. The van der Waals surface area contributed by atoms with Crippen LogP contribution in [-0.4, -0.2) is 65.2 Å². The molecular weight excluding hydrogens is 487 g/mol. The van der Waals surface area contributed by atoms with Gasteiger partial charge in [0, 0.05) is 18.3 Å². The standard InChI is InChI=1S/C27H33FO9/c1-5-20(32)35-12-18(31)26(37-21(33)6-2)8-7-13-14-9-15(28)22-23(34)16(29)10-17(30)25(22,4)27(14)19(36-27)11-24(13,26)3/h13-15,19,22H,5-12H2,1-4H3/t13-,14-,15-,19-,22?,24-,25-,26-,27+/m0/s1. The molecule has 1 unspecified atom stereocenters. The first kappa shape index (κ1) is 26.1. The van der Waals surface area contributed by atoms with Gasteiger partial charge in [-0.2, -0.15) is 0 Å². The van der Waals surface area contributed by atoms with Crippen LogP contribution in [0, 0.1) is 28.6 Å². The van der Waals surface area contributed by atoms with Crippen LogP contribution >= 0.6 is 0 Å². The highest BCUT2D eigenvalue weighted by Crippen LogP contribution is 2.76. The minimum atomic E-state index is -1.72. The zero-order valence-electron chi connectivity index (χ0n) is 21.6. The summed E-state index contributed by atoms with van der Waals surface area (Å²) in [6.45, 7) is 6.06. The van der Waals surface area contributed by atoms with Gasteiger partial charge in [-0.05, 0) is 44.4 Å². The van der Waals surface area contributed by atoms with E-state index < -0.39 is 94.2 Å². The Morgan fingerprint density at radius 1 is 1.05 bits per heavy atom. The molecular formula is C27H33FO9. The van der Waals surface area contributed by atoms with E-state index in [0.717, 1.165) is 0 Å². The minimum absolute atomic E-state index is 0.0365. The third-order valence-corrected chi connectivity index (χ3v) is 10.4. The summed E-state index contributed by atoms with van der Waals surface area (Å²) in [5, 5.41) is 0. The quantitative estimate of drug-likeness (QED) is 0.224. The number of carbonyl (C=O) groups is 6. The number of hydrogen-bond acceptors (Lipinski definition) is 9. The molecule has 10 heteroatoms. The van der Waals surface area contributed by atoms with E-state index in [1.807, 2.05) is 6.92 Å². The van der Waals surface area contributed by atoms with Gasteiger partial charge in [0.2, 0.25) is 17.3 Å². The number of fused-ring (bicyclic) bond motifs is 3. The summed E-state index contributed by atoms with van der Waals surface area (Å²) in [6, 6.07) is 0. The zero-order valence-corrected chi connectivity index (χ0v) is 21.6. The largest absolute Gasteiger partial charge is 0.457 e. The molecule has 4 aliphatic carbocycles. The van der Waals surface area contributed by atoms with Crippen LogP contribution in [0.3, 0.4) is 0 Å². The second kappa shape index (κ2) is 8.25. The predicted molar refractivity (Wildman–Crippen MR) is 123 cm³/mol. The second-order valence-corrected chi connectivity index (χ2v) is 11.7.